The number of para-hydroxylation sites is 1. The second-order valence-corrected chi connectivity index (χ2v) is 10.5. The van der Waals surface area contributed by atoms with Gasteiger partial charge in [-0.3, -0.25) is 9.59 Å². The van der Waals surface area contributed by atoms with Crippen LogP contribution in [0.25, 0.3) is 22.2 Å². The van der Waals surface area contributed by atoms with Crippen molar-refractivity contribution in [3.05, 3.63) is 119 Å². The molecule has 0 spiro atoms. The van der Waals surface area contributed by atoms with E-state index in [-0.39, 0.29) is 11.8 Å². The molecule has 0 atom stereocenters. The summed E-state index contributed by atoms with van der Waals surface area (Å²) in [5.74, 6) is 0.267. The van der Waals surface area contributed by atoms with Crippen LogP contribution in [-0.4, -0.2) is 52.3 Å². The number of H-pyrrole nitrogens is 1. The Kier molecular flexibility index (Phi) is 8.55. The molecule has 212 valence electrons. The lowest BCUT2D eigenvalue weighted by atomic mass is 10.0. The van der Waals surface area contributed by atoms with Crippen LogP contribution in [0.2, 0.25) is 0 Å². The minimum absolute atomic E-state index is 0.216. The van der Waals surface area contributed by atoms with E-state index in [2.05, 4.69) is 34.7 Å². The van der Waals surface area contributed by atoms with Gasteiger partial charge in [0.25, 0.3) is 5.91 Å². The number of fused-ring (bicyclic) bond motifs is 1. The number of aromatic amines is 1. The Morgan fingerprint density at radius 3 is 2.48 bits per heavy atom. The van der Waals surface area contributed by atoms with Crippen molar-refractivity contribution in [3.8, 4) is 11.3 Å². The molecule has 3 N–H and O–H groups in total. The number of nitrogens with one attached hydrogen (secondary N) is 3. The molecule has 0 saturated heterocycles. The van der Waals surface area contributed by atoms with E-state index >= 15 is 0 Å². The Bertz CT molecular complexity index is 1770. The van der Waals surface area contributed by atoms with Crippen LogP contribution >= 0.6 is 0 Å². The second-order valence-electron chi connectivity index (χ2n) is 10.5. The zero-order chi connectivity index (χ0) is 29.6. The normalized spacial score (nSPS) is 11.4. The van der Waals surface area contributed by atoms with Gasteiger partial charge >= 0.3 is 0 Å². The molecule has 0 aliphatic heterocycles. The molecule has 2 heterocycles. The van der Waals surface area contributed by atoms with Crippen molar-refractivity contribution in [3.63, 3.8) is 0 Å². The molecule has 8 heteroatoms. The third-order valence-electron chi connectivity index (χ3n) is 6.98. The first-order chi connectivity index (χ1) is 20.3. The first-order valence-electron chi connectivity index (χ1n) is 13.8. The number of aryl methyl sites for hydroxylation is 1. The number of amides is 2. The minimum atomic E-state index is -0.236. The van der Waals surface area contributed by atoms with Crippen LogP contribution in [-0.2, 0) is 11.2 Å². The van der Waals surface area contributed by atoms with Crippen molar-refractivity contribution in [2.45, 2.75) is 20.3 Å². The maximum absolute atomic E-state index is 12.9. The zero-order valence-corrected chi connectivity index (χ0v) is 24.2. The highest BCUT2D eigenvalue weighted by molar-refractivity contribution is 6.05. The van der Waals surface area contributed by atoms with Gasteiger partial charge in [-0.15, -0.1) is 0 Å². The number of aromatic nitrogens is 3. The molecule has 0 aliphatic carbocycles. The molecule has 0 radical (unpaired) electrons. The van der Waals surface area contributed by atoms with Gasteiger partial charge in [-0.05, 0) is 81.5 Å². The number of nitrogens with zero attached hydrogens (tertiary/aromatic N) is 3. The Hall–Kier alpha value is -5.08. The lowest BCUT2D eigenvalue weighted by Gasteiger charge is -2.11. The number of carbonyl (C=O) groups is 2. The fourth-order valence-electron chi connectivity index (χ4n) is 4.70. The quantitative estimate of drug-likeness (QED) is 0.189. The average Bonchev–Trinajstić information content (AvgIpc) is 3.39. The molecule has 0 unspecified atom stereocenters. The van der Waals surface area contributed by atoms with E-state index in [4.69, 9.17) is 9.97 Å². The van der Waals surface area contributed by atoms with Gasteiger partial charge in [0, 0.05) is 64.3 Å². The van der Waals surface area contributed by atoms with E-state index in [0.29, 0.717) is 29.9 Å². The van der Waals surface area contributed by atoms with Crippen LogP contribution < -0.4 is 10.6 Å². The Morgan fingerprint density at radius 1 is 0.905 bits per heavy atom. The molecule has 5 rings (SSSR count). The van der Waals surface area contributed by atoms with E-state index in [9.17, 15) is 9.59 Å². The highest BCUT2D eigenvalue weighted by Gasteiger charge is 2.15. The Labute approximate surface area is 245 Å². The average molecular weight is 559 g/mol. The SMILES string of the molecule is Cc1nc(Cc2cccc(NC(=O)c3ccc(NC(=O)/C=C/CN(C)C)cc3)c2)nc(-c2c[nH]c3ccccc23)c1C. The molecule has 42 heavy (non-hydrogen) atoms. The summed E-state index contributed by atoms with van der Waals surface area (Å²) < 4.78 is 0. The lowest BCUT2D eigenvalue weighted by Crippen LogP contribution is -2.14. The van der Waals surface area contributed by atoms with Crippen LogP contribution in [0.15, 0.2) is 91.1 Å². The molecule has 5 aromatic rings. The zero-order valence-electron chi connectivity index (χ0n) is 24.2. The molecular weight excluding hydrogens is 524 g/mol. The van der Waals surface area contributed by atoms with Crippen molar-refractivity contribution in [2.75, 3.05) is 31.3 Å². The highest BCUT2D eigenvalue weighted by Crippen LogP contribution is 2.30. The number of hydrogen-bond acceptors (Lipinski definition) is 5. The Balaban J connectivity index is 1.27. The first kappa shape index (κ1) is 28.4. The number of likely N-dealkylation sites (N-methyl/N-ethyl adjacent to an activating group) is 1. The van der Waals surface area contributed by atoms with E-state index in [1.807, 2.05) is 68.5 Å². The summed E-state index contributed by atoms with van der Waals surface area (Å²) in [6, 6.07) is 22.7. The summed E-state index contributed by atoms with van der Waals surface area (Å²) in [5, 5.41) is 6.90. The fourth-order valence-corrected chi connectivity index (χ4v) is 4.70. The van der Waals surface area contributed by atoms with Gasteiger partial charge in [0.1, 0.15) is 5.82 Å². The molecular formula is C34H34N6O2. The number of rotatable bonds is 9. The Morgan fingerprint density at radius 2 is 1.69 bits per heavy atom. The van der Waals surface area contributed by atoms with Crippen LogP contribution in [0.5, 0.6) is 0 Å². The number of hydrogen-bond donors (Lipinski definition) is 3. The van der Waals surface area contributed by atoms with Gasteiger partial charge in [0.2, 0.25) is 5.91 Å². The summed E-state index contributed by atoms with van der Waals surface area (Å²) >= 11 is 0. The van der Waals surface area contributed by atoms with E-state index in [0.717, 1.165) is 44.8 Å². The topological polar surface area (TPSA) is 103 Å². The third-order valence-corrected chi connectivity index (χ3v) is 6.98. The number of anilines is 2. The maximum atomic E-state index is 12.9. The summed E-state index contributed by atoms with van der Waals surface area (Å²) in [5.41, 5.74) is 7.81. The predicted molar refractivity (Wildman–Crippen MR) is 169 cm³/mol. The predicted octanol–water partition coefficient (Wildman–Crippen LogP) is 6.14. The molecule has 0 bridgehead atoms. The highest BCUT2D eigenvalue weighted by atomic mass is 16.2. The third kappa shape index (κ3) is 6.79. The summed E-state index contributed by atoms with van der Waals surface area (Å²) in [4.78, 5) is 40.0. The van der Waals surface area contributed by atoms with Gasteiger partial charge in [-0.1, -0.05) is 36.4 Å². The molecule has 3 aromatic carbocycles. The van der Waals surface area contributed by atoms with Crippen molar-refractivity contribution in [2.24, 2.45) is 0 Å². The number of benzene rings is 3. The maximum Gasteiger partial charge on any atom is 0.255 e. The number of carbonyl (C=O) groups excluding carboxylic acids is 2. The summed E-state index contributed by atoms with van der Waals surface area (Å²) in [7, 11) is 3.87. The second kappa shape index (κ2) is 12.6. The first-order valence-corrected chi connectivity index (χ1v) is 13.8. The molecule has 8 nitrogen and oxygen atoms in total. The molecule has 0 saturated carbocycles. The van der Waals surface area contributed by atoms with Crippen LogP contribution in [0, 0.1) is 13.8 Å². The largest absolute Gasteiger partial charge is 0.360 e. The lowest BCUT2D eigenvalue weighted by molar-refractivity contribution is -0.111. The summed E-state index contributed by atoms with van der Waals surface area (Å²) in [6.45, 7) is 4.74. The van der Waals surface area contributed by atoms with Gasteiger partial charge in [0.05, 0.1) is 5.69 Å². The van der Waals surface area contributed by atoms with Crippen molar-refractivity contribution < 1.29 is 9.59 Å². The van der Waals surface area contributed by atoms with Crippen LogP contribution in [0.4, 0.5) is 11.4 Å². The monoisotopic (exact) mass is 558 g/mol. The van der Waals surface area contributed by atoms with Crippen LogP contribution in [0.3, 0.4) is 0 Å². The van der Waals surface area contributed by atoms with Crippen molar-refractivity contribution >= 4 is 34.1 Å². The van der Waals surface area contributed by atoms with E-state index in [1.54, 1.807) is 30.3 Å². The van der Waals surface area contributed by atoms with E-state index in [1.165, 1.54) is 6.08 Å². The van der Waals surface area contributed by atoms with Gasteiger partial charge in [-0.25, -0.2) is 9.97 Å². The molecule has 2 aromatic heterocycles. The van der Waals surface area contributed by atoms with E-state index < -0.39 is 0 Å². The van der Waals surface area contributed by atoms with Gasteiger partial charge in [-0.2, -0.15) is 0 Å². The minimum Gasteiger partial charge on any atom is -0.360 e. The van der Waals surface area contributed by atoms with Gasteiger partial charge < -0.3 is 20.5 Å². The van der Waals surface area contributed by atoms with Gasteiger partial charge in [0.15, 0.2) is 0 Å². The van der Waals surface area contributed by atoms with Crippen molar-refractivity contribution in [1.29, 1.82) is 0 Å². The standard InChI is InChI=1S/C34H34N6O2/c1-22-23(2)36-31(39-33(22)29-21-35-30-12-6-5-11-28(29)30)20-24-9-7-10-27(19-24)38-34(42)25-14-16-26(17-15-25)37-32(41)13-8-18-40(3)4/h5-17,19,21,35H,18,20H2,1-4H3,(H,37,41)(H,38,42)/b13-8+. The molecule has 0 aliphatic rings. The fraction of sp³-hybridized carbons (Fsp3) is 0.176. The van der Waals surface area contributed by atoms with Crippen LogP contribution in [0.1, 0.15) is 33.0 Å². The molecule has 2 amide bonds. The van der Waals surface area contributed by atoms with Crippen molar-refractivity contribution in [1.82, 2.24) is 19.9 Å². The summed E-state index contributed by atoms with van der Waals surface area (Å²) in [6.07, 6.45) is 5.82. The smallest absolute Gasteiger partial charge is 0.255 e. The molecule has 0 fully saturated rings.